The number of ether oxygens (including phenoxy) is 1. The molecule has 1 fully saturated rings. The predicted octanol–water partition coefficient (Wildman–Crippen LogP) is 1.84. The Morgan fingerprint density at radius 3 is 2.71 bits per heavy atom. The lowest BCUT2D eigenvalue weighted by Gasteiger charge is -2.37. The number of rotatable bonds is 3. The Kier molecular flexibility index (Phi) is 4.18. The van der Waals surface area contributed by atoms with Crippen LogP contribution in [0.5, 0.6) is 0 Å². The van der Waals surface area contributed by atoms with E-state index in [9.17, 15) is 4.89 Å². The van der Waals surface area contributed by atoms with Crippen molar-refractivity contribution in [3.63, 3.8) is 0 Å². The minimum absolute atomic E-state index is 0.422. The van der Waals surface area contributed by atoms with Crippen molar-refractivity contribution < 1.29 is 14.2 Å². The molecule has 2 aliphatic rings. The molecule has 0 aliphatic carbocycles. The average Bonchev–Trinajstić information content (AvgIpc) is 2.52. The van der Waals surface area contributed by atoms with Crippen LogP contribution in [-0.4, -0.2) is 42.3 Å². The molecule has 6 heteroatoms. The maximum atomic E-state index is 12.8. The topological polar surface area (TPSA) is 44.8 Å². The van der Waals surface area contributed by atoms with Crippen LogP contribution >= 0.6 is 19.6 Å². The van der Waals surface area contributed by atoms with Crippen molar-refractivity contribution in [1.29, 1.82) is 0 Å². The van der Waals surface area contributed by atoms with Gasteiger partial charge in [0.25, 0.3) is 0 Å². The van der Waals surface area contributed by atoms with E-state index in [0.29, 0.717) is 26.3 Å². The summed E-state index contributed by atoms with van der Waals surface area (Å²) in [6.45, 7) is 8.72. The predicted molar refractivity (Wildman–Crippen MR) is 70.7 cm³/mol. The first-order valence-electron chi connectivity index (χ1n) is 5.98. The molecular formula is C11H20NO3PS. The number of nitrogens with zero attached hydrogens (tertiary/aromatic N) is 1. The lowest BCUT2D eigenvalue weighted by atomic mass is 10.1. The second-order valence-electron chi connectivity index (χ2n) is 4.66. The summed E-state index contributed by atoms with van der Waals surface area (Å²) < 4.78 is 13.1. The molecule has 0 aromatic heterocycles. The fraction of sp³-hybridized carbons (Fsp3) is 0.818. The highest BCUT2D eigenvalue weighted by Crippen LogP contribution is 2.67. The third kappa shape index (κ3) is 2.86. The monoisotopic (exact) mass is 277 g/mol. The number of morpholine rings is 1. The first-order chi connectivity index (χ1) is 7.98. The molecule has 0 spiro atoms. The van der Waals surface area contributed by atoms with Gasteiger partial charge in [0.15, 0.2) is 0 Å². The summed E-state index contributed by atoms with van der Waals surface area (Å²) in [4.78, 5) is 13.9. The minimum Gasteiger partial charge on any atom is -0.637 e. The zero-order valence-corrected chi connectivity index (χ0v) is 12.4. The van der Waals surface area contributed by atoms with Gasteiger partial charge in [-0.05, 0) is 19.6 Å². The van der Waals surface area contributed by atoms with Gasteiger partial charge in [0.05, 0.1) is 31.2 Å². The Balaban J connectivity index is 2.15. The van der Waals surface area contributed by atoms with Crippen LogP contribution in [0, 0.1) is 0 Å². The van der Waals surface area contributed by atoms with E-state index in [1.165, 1.54) is 0 Å². The molecule has 0 saturated carbocycles. The van der Waals surface area contributed by atoms with Crippen LogP contribution in [0.25, 0.3) is 0 Å². The van der Waals surface area contributed by atoms with Gasteiger partial charge in [-0.1, -0.05) is 6.92 Å². The largest absolute Gasteiger partial charge is 0.637 e. The fourth-order valence-corrected chi connectivity index (χ4v) is 5.91. The molecule has 0 radical (unpaired) electrons. The molecule has 17 heavy (non-hydrogen) atoms. The number of hydrogen-bond donors (Lipinski definition) is 0. The molecule has 2 rings (SSSR count). The van der Waals surface area contributed by atoms with Crippen LogP contribution in [0.4, 0.5) is 0 Å². The molecule has 0 N–H and O–H groups in total. The van der Waals surface area contributed by atoms with E-state index in [1.807, 2.05) is 24.3 Å². The van der Waals surface area contributed by atoms with Gasteiger partial charge in [0.2, 0.25) is 7.87 Å². The maximum absolute atomic E-state index is 12.8. The Hall–Kier alpha value is 0.360. The summed E-state index contributed by atoms with van der Waals surface area (Å²) in [5.74, 6) is 2.83. The van der Waals surface area contributed by atoms with Gasteiger partial charge in [0.1, 0.15) is 11.4 Å². The number of thioether (sulfide) groups is 1. The van der Waals surface area contributed by atoms with E-state index in [4.69, 9.17) is 9.26 Å². The molecule has 2 heterocycles. The molecule has 1 unspecified atom stereocenters. The van der Waals surface area contributed by atoms with Gasteiger partial charge in [0, 0.05) is 0 Å². The Bertz CT molecular complexity index is 318. The van der Waals surface area contributed by atoms with Gasteiger partial charge >= 0.3 is 0 Å². The van der Waals surface area contributed by atoms with Crippen molar-refractivity contribution in [2.75, 3.05) is 32.1 Å². The van der Waals surface area contributed by atoms with E-state index >= 15 is 0 Å². The van der Waals surface area contributed by atoms with Crippen LogP contribution in [0.1, 0.15) is 20.8 Å². The van der Waals surface area contributed by atoms with E-state index in [0.717, 1.165) is 10.7 Å². The standard InChI is InChI=1S/C11H20NO3PS/c1-4-17-10-9-16(13,15-11(10,2)3)12-5-7-14-8-6-12/h9H,4-8H2,1-3H3. The summed E-state index contributed by atoms with van der Waals surface area (Å²) in [5.41, 5.74) is -0.422. The average molecular weight is 277 g/mol. The summed E-state index contributed by atoms with van der Waals surface area (Å²) in [6, 6.07) is 0. The first kappa shape index (κ1) is 13.8. The minimum atomic E-state index is -2.78. The normalized spacial score (nSPS) is 33.8. The van der Waals surface area contributed by atoms with Crippen LogP contribution in [0.15, 0.2) is 10.7 Å². The Morgan fingerprint density at radius 2 is 2.12 bits per heavy atom. The van der Waals surface area contributed by atoms with Crippen molar-refractivity contribution in [2.45, 2.75) is 26.4 Å². The van der Waals surface area contributed by atoms with Gasteiger partial charge < -0.3 is 9.63 Å². The van der Waals surface area contributed by atoms with Crippen molar-refractivity contribution in [1.82, 2.24) is 4.67 Å². The van der Waals surface area contributed by atoms with E-state index in [-0.39, 0.29) is 0 Å². The summed E-state index contributed by atoms with van der Waals surface area (Å²) in [5, 5.41) is 0. The van der Waals surface area contributed by atoms with Crippen LogP contribution in [0.3, 0.4) is 0 Å². The summed E-state index contributed by atoms with van der Waals surface area (Å²) in [7, 11) is -2.78. The zero-order valence-electron chi connectivity index (χ0n) is 10.6. The smallest absolute Gasteiger partial charge is 0.202 e. The molecule has 0 aromatic rings. The van der Waals surface area contributed by atoms with Crippen molar-refractivity contribution in [3.05, 3.63) is 10.7 Å². The second kappa shape index (κ2) is 5.16. The lowest BCUT2D eigenvalue weighted by Crippen LogP contribution is -2.40. The Morgan fingerprint density at radius 1 is 1.47 bits per heavy atom. The van der Waals surface area contributed by atoms with E-state index in [1.54, 1.807) is 11.8 Å². The fourth-order valence-electron chi connectivity index (χ4n) is 2.04. The quantitative estimate of drug-likeness (QED) is 0.737. The highest BCUT2D eigenvalue weighted by molar-refractivity contribution is 8.03. The molecule has 0 aromatic carbocycles. The van der Waals surface area contributed by atoms with Gasteiger partial charge in [-0.25, -0.2) is 4.52 Å². The lowest BCUT2D eigenvalue weighted by molar-refractivity contribution is -0.209. The van der Waals surface area contributed by atoms with Crippen molar-refractivity contribution >= 4 is 19.6 Å². The van der Waals surface area contributed by atoms with Gasteiger partial charge in [-0.3, -0.25) is 0 Å². The third-order valence-electron chi connectivity index (χ3n) is 2.91. The van der Waals surface area contributed by atoms with Crippen LogP contribution < -0.4 is 4.89 Å². The molecule has 98 valence electrons. The molecule has 4 nitrogen and oxygen atoms in total. The van der Waals surface area contributed by atoms with E-state index < -0.39 is 13.5 Å². The van der Waals surface area contributed by atoms with Crippen molar-refractivity contribution in [2.24, 2.45) is 0 Å². The van der Waals surface area contributed by atoms with Crippen LogP contribution in [-0.2, 0) is 9.26 Å². The molecule has 0 amide bonds. The van der Waals surface area contributed by atoms with E-state index in [2.05, 4.69) is 6.92 Å². The van der Waals surface area contributed by atoms with Gasteiger partial charge in [-0.2, -0.15) is 0 Å². The van der Waals surface area contributed by atoms with Crippen LogP contribution in [0.2, 0.25) is 0 Å². The number of hydrogen-bond acceptors (Lipinski definition) is 5. The highest BCUT2D eigenvalue weighted by atomic mass is 32.2. The van der Waals surface area contributed by atoms with Gasteiger partial charge in [-0.15, -0.1) is 16.4 Å². The Labute approximate surface area is 108 Å². The summed E-state index contributed by atoms with van der Waals surface area (Å²) in [6.07, 6.45) is 0. The second-order valence-corrected chi connectivity index (χ2v) is 8.10. The maximum Gasteiger partial charge on any atom is 0.202 e. The summed E-state index contributed by atoms with van der Waals surface area (Å²) >= 11 is 1.72. The molecule has 1 saturated heterocycles. The highest BCUT2D eigenvalue weighted by Gasteiger charge is 2.50. The molecule has 2 aliphatic heterocycles. The molecular weight excluding hydrogens is 257 g/mol. The zero-order chi connectivity index (χ0) is 12.5. The SMILES string of the molecule is CCSC1=C[P+]([O-])(N2CCOCC2)OC1(C)C. The third-order valence-corrected chi connectivity index (χ3v) is 6.79. The first-order valence-corrected chi connectivity index (χ1v) is 8.61. The molecule has 1 atom stereocenters. The molecule has 0 bridgehead atoms. The van der Waals surface area contributed by atoms with Crippen molar-refractivity contribution in [3.8, 4) is 0 Å².